The molecule has 2 heterocycles. The van der Waals surface area contributed by atoms with Crippen molar-refractivity contribution in [1.82, 2.24) is 15.6 Å². The molecule has 4 nitrogen and oxygen atoms in total. The molecule has 1 aromatic heterocycles. The molecule has 18 heavy (non-hydrogen) atoms. The van der Waals surface area contributed by atoms with Gasteiger partial charge < -0.3 is 15.7 Å². The lowest BCUT2D eigenvalue weighted by atomic mass is 9.94. The zero-order valence-corrected chi connectivity index (χ0v) is 12.1. The number of piperidine rings is 1. The normalized spacial score (nSPS) is 24.4. The Labute approximate surface area is 113 Å². The van der Waals surface area contributed by atoms with Gasteiger partial charge in [-0.15, -0.1) is 11.3 Å². The van der Waals surface area contributed by atoms with Crippen LogP contribution in [0.2, 0.25) is 0 Å². The topological polar surface area (TPSA) is 57.2 Å². The molecule has 0 radical (unpaired) electrons. The van der Waals surface area contributed by atoms with Gasteiger partial charge in [0.25, 0.3) is 0 Å². The van der Waals surface area contributed by atoms with Crippen molar-refractivity contribution in [3.8, 4) is 0 Å². The smallest absolute Gasteiger partial charge is 0.0943 e. The molecule has 3 N–H and O–H groups in total. The molecule has 1 aliphatic rings. The van der Waals surface area contributed by atoms with Gasteiger partial charge in [-0.3, -0.25) is 0 Å². The Bertz CT molecular complexity index is 366. The van der Waals surface area contributed by atoms with Crippen LogP contribution in [-0.2, 0) is 6.42 Å². The summed E-state index contributed by atoms with van der Waals surface area (Å²) >= 11 is 1.77. The van der Waals surface area contributed by atoms with Crippen molar-refractivity contribution >= 4 is 11.3 Å². The van der Waals surface area contributed by atoms with Gasteiger partial charge in [0.15, 0.2) is 0 Å². The number of β-amino-alcohol motifs (C(OH)–C–C–N with tert-alkyl or cyclic N) is 1. The number of rotatable bonds is 5. The van der Waals surface area contributed by atoms with Crippen LogP contribution in [0.5, 0.6) is 0 Å². The number of hydrogen-bond donors (Lipinski definition) is 3. The third kappa shape index (κ3) is 3.75. The van der Waals surface area contributed by atoms with Crippen LogP contribution in [0, 0.1) is 13.8 Å². The Morgan fingerprint density at radius 2 is 2.33 bits per heavy atom. The summed E-state index contributed by atoms with van der Waals surface area (Å²) in [5.41, 5.74) is 0.581. The van der Waals surface area contributed by atoms with Gasteiger partial charge in [0.2, 0.25) is 0 Å². The Balaban J connectivity index is 1.69. The third-order valence-corrected chi connectivity index (χ3v) is 4.62. The minimum atomic E-state index is -0.563. The number of thiazole rings is 1. The number of nitrogens with zero attached hydrogens (tertiary/aromatic N) is 1. The van der Waals surface area contributed by atoms with Gasteiger partial charge >= 0.3 is 0 Å². The van der Waals surface area contributed by atoms with E-state index in [1.807, 2.05) is 0 Å². The van der Waals surface area contributed by atoms with Crippen molar-refractivity contribution in [2.75, 3.05) is 26.2 Å². The van der Waals surface area contributed by atoms with Crippen molar-refractivity contribution < 1.29 is 5.11 Å². The van der Waals surface area contributed by atoms with E-state index in [1.54, 1.807) is 11.3 Å². The third-order valence-electron chi connectivity index (χ3n) is 3.49. The summed E-state index contributed by atoms with van der Waals surface area (Å²) in [7, 11) is 0. The number of aliphatic hydroxyl groups is 1. The Morgan fingerprint density at radius 1 is 1.50 bits per heavy atom. The van der Waals surface area contributed by atoms with E-state index in [2.05, 4.69) is 29.5 Å². The maximum absolute atomic E-state index is 10.3. The molecule has 102 valence electrons. The van der Waals surface area contributed by atoms with Crippen molar-refractivity contribution in [3.05, 3.63) is 15.6 Å². The second kappa shape index (κ2) is 6.10. The van der Waals surface area contributed by atoms with Crippen molar-refractivity contribution in [3.63, 3.8) is 0 Å². The fourth-order valence-electron chi connectivity index (χ4n) is 2.27. The summed E-state index contributed by atoms with van der Waals surface area (Å²) in [5.74, 6) is 0. The average Bonchev–Trinajstić information content (AvgIpc) is 2.66. The molecule has 0 unspecified atom stereocenters. The van der Waals surface area contributed by atoms with Crippen LogP contribution >= 0.6 is 11.3 Å². The first-order valence-electron chi connectivity index (χ1n) is 6.66. The standard InChI is InChI=1S/C13H23N3OS/c1-10-11(2)18-12(16-10)4-7-15-9-13(17)5-3-6-14-8-13/h14-15,17H,3-9H2,1-2H3/t13-/m1/s1. The van der Waals surface area contributed by atoms with Crippen LogP contribution in [0.25, 0.3) is 0 Å². The van der Waals surface area contributed by atoms with Gasteiger partial charge in [0.1, 0.15) is 0 Å². The minimum absolute atomic E-state index is 0.563. The van der Waals surface area contributed by atoms with Crippen molar-refractivity contribution in [2.24, 2.45) is 0 Å². The highest BCUT2D eigenvalue weighted by atomic mass is 32.1. The van der Waals surface area contributed by atoms with Crippen LogP contribution in [0.15, 0.2) is 0 Å². The molecule has 0 spiro atoms. The molecule has 0 saturated carbocycles. The highest BCUT2D eigenvalue weighted by molar-refractivity contribution is 7.11. The van der Waals surface area contributed by atoms with Crippen molar-refractivity contribution in [1.29, 1.82) is 0 Å². The molecule has 0 aliphatic carbocycles. The van der Waals surface area contributed by atoms with E-state index in [9.17, 15) is 5.11 Å². The number of nitrogens with one attached hydrogen (secondary N) is 2. The highest BCUT2D eigenvalue weighted by Gasteiger charge is 2.28. The molecule has 1 aliphatic heterocycles. The summed E-state index contributed by atoms with van der Waals surface area (Å²) in [6.45, 7) is 7.45. The van der Waals surface area contributed by atoms with E-state index < -0.39 is 5.60 Å². The quantitative estimate of drug-likeness (QED) is 0.698. The zero-order chi connectivity index (χ0) is 13.0. The highest BCUT2D eigenvalue weighted by Crippen LogP contribution is 2.17. The minimum Gasteiger partial charge on any atom is -0.387 e. The second-order valence-corrected chi connectivity index (χ2v) is 6.47. The van der Waals surface area contributed by atoms with Gasteiger partial charge in [0.05, 0.1) is 16.3 Å². The fraction of sp³-hybridized carbons (Fsp3) is 0.769. The summed E-state index contributed by atoms with van der Waals surface area (Å²) < 4.78 is 0. The molecule has 1 saturated heterocycles. The van der Waals surface area contributed by atoms with E-state index >= 15 is 0 Å². The van der Waals surface area contributed by atoms with Crippen LogP contribution in [-0.4, -0.2) is 41.9 Å². The largest absolute Gasteiger partial charge is 0.387 e. The van der Waals surface area contributed by atoms with Gasteiger partial charge in [-0.1, -0.05) is 0 Å². The summed E-state index contributed by atoms with van der Waals surface area (Å²) in [5, 5.41) is 18.1. The maximum Gasteiger partial charge on any atom is 0.0943 e. The van der Waals surface area contributed by atoms with E-state index in [0.29, 0.717) is 13.1 Å². The molecule has 1 aromatic rings. The number of hydrogen-bond acceptors (Lipinski definition) is 5. The van der Waals surface area contributed by atoms with E-state index in [0.717, 1.165) is 38.0 Å². The second-order valence-electron chi connectivity index (χ2n) is 5.18. The molecule has 0 amide bonds. The predicted octanol–water partition coefficient (Wildman–Crippen LogP) is 1.01. The lowest BCUT2D eigenvalue weighted by Crippen LogP contribution is -2.52. The van der Waals surface area contributed by atoms with Crippen molar-refractivity contribution in [2.45, 2.75) is 38.7 Å². The Morgan fingerprint density at radius 3 is 2.94 bits per heavy atom. The zero-order valence-electron chi connectivity index (χ0n) is 11.3. The van der Waals surface area contributed by atoms with Gasteiger partial charge in [0, 0.05) is 30.9 Å². The van der Waals surface area contributed by atoms with Gasteiger partial charge in [-0.2, -0.15) is 0 Å². The summed E-state index contributed by atoms with van der Waals surface area (Å²) in [6.07, 6.45) is 2.90. The number of aromatic nitrogens is 1. The monoisotopic (exact) mass is 269 g/mol. The molecular formula is C13H23N3OS. The molecule has 5 heteroatoms. The SMILES string of the molecule is Cc1nc(CCNC[C@@]2(O)CCCNC2)sc1C. The van der Waals surface area contributed by atoms with E-state index in [-0.39, 0.29) is 0 Å². The van der Waals surface area contributed by atoms with Crippen LogP contribution < -0.4 is 10.6 Å². The van der Waals surface area contributed by atoms with Gasteiger partial charge in [-0.05, 0) is 33.2 Å². The first-order valence-corrected chi connectivity index (χ1v) is 7.47. The molecule has 1 atom stereocenters. The first kappa shape index (κ1) is 13.9. The van der Waals surface area contributed by atoms with Gasteiger partial charge in [-0.25, -0.2) is 4.98 Å². The summed E-state index contributed by atoms with van der Waals surface area (Å²) in [6, 6.07) is 0. The first-order chi connectivity index (χ1) is 8.59. The predicted molar refractivity (Wildman–Crippen MR) is 75.2 cm³/mol. The molecule has 0 bridgehead atoms. The lowest BCUT2D eigenvalue weighted by Gasteiger charge is -2.32. The van der Waals surface area contributed by atoms with Crippen LogP contribution in [0.1, 0.15) is 28.4 Å². The fourth-order valence-corrected chi connectivity index (χ4v) is 3.20. The number of aryl methyl sites for hydroxylation is 2. The van der Waals surface area contributed by atoms with Crippen LogP contribution in [0.3, 0.4) is 0 Å². The molecule has 2 rings (SSSR count). The molecule has 0 aromatic carbocycles. The molecule has 1 fully saturated rings. The molecular weight excluding hydrogens is 246 g/mol. The Kier molecular flexibility index (Phi) is 4.72. The summed E-state index contributed by atoms with van der Waals surface area (Å²) in [4.78, 5) is 5.82. The average molecular weight is 269 g/mol. The lowest BCUT2D eigenvalue weighted by molar-refractivity contribution is 0.0174. The van der Waals surface area contributed by atoms with E-state index in [4.69, 9.17) is 0 Å². The Hall–Kier alpha value is -0.490. The van der Waals surface area contributed by atoms with E-state index in [1.165, 1.54) is 9.88 Å². The maximum atomic E-state index is 10.3. The van der Waals surface area contributed by atoms with Crippen LogP contribution in [0.4, 0.5) is 0 Å².